The summed E-state index contributed by atoms with van der Waals surface area (Å²) in [4.78, 5) is 21.1. The molecule has 152 valence electrons. The molecule has 0 saturated heterocycles. The first-order chi connectivity index (χ1) is 12.7. The second-order valence-corrected chi connectivity index (χ2v) is 10.5. The van der Waals surface area contributed by atoms with E-state index in [1.807, 2.05) is 6.92 Å². The van der Waals surface area contributed by atoms with Crippen LogP contribution in [-0.2, 0) is 9.59 Å². The van der Waals surface area contributed by atoms with Crippen molar-refractivity contribution in [1.29, 1.82) is 0 Å². The lowest BCUT2D eigenvalue weighted by Crippen LogP contribution is -2.47. The molecule has 1 saturated carbocycles. The molecular formula is C17H12Cl7NO3. The summed E-state index contributed by atoms with van der Waals surface area (Å²) in [7, 11) is 0. The molecule has 2 N–H and O–H groups in total. The van der Waals surface area contributed by atoms with Gasteiger partial charge in [-0.05, 0) is 31.0 Å². The van der Waals surface area contributed by atoms with Crippen molar-refractivity contribution in [3.8, 4) is 0 Å². The molecule has 0 aliphatic heterocycles. The van der Waals surface area contributed by atoms with E-state index in [0.29, 0.717) is 11.3 Å². The number of alkyl halides is 4. The Kier molecular flexibility index (Phi) is 5.64. The van der Waals surface area contributed by atoms with Gasteiger partial charge in [0.1, 0.15) is 9.75 Å². The SMILES string of the molecule is Cc1cc(C)c(NC(=O)[C@@H]2[C@H](C(=O)O)[C@@]3(Cl)C(Cl)=C(Cl)[C@@]2(Cl)C3(Cl)Cl)c(Cl)c1. The van der Waals surface area contributed by atoms with E-state index in [-0.39, 0.29) is 15.1 Å². The monoisotopic (exact) mass is 523 g/mol. The number of fused-ring (bicyclic) bond motifs is 2. The zero-order chi connectivity index (χ0) is 21.4. The number of aliphatic carboxylic acids is 1. The summed E-state index contributed by atoms with van der Waals surface area (Å²) < 4.78 is -2.16. The molecule has 0 radical (unpaired) electrons. The van der Waals surface area contributed by atoms with Crippen LogP contribution in [0.15, 0.2) is 22.2 Å². The highest BCUT2D eigenvalue weighted by molar-refractivity contribution is 6.66. The van der Waals surface area contributed by atoms with Crippen LogP contribution >= 0.6 is 81.2 Å². The fourth-order valence-electron chi connectivity index (χ4n) is 3.90. The van der Waals surface area contributed by atoms with Crippen LogP contribution in [0.2, 0.25) is 5.02 Å². The largest absolute Gasteiger partial charge is 0.481 e. The van der Waals surface area contributed by atoms with Gasteiger partial charge in [0.05, 0.1) is 32.6 Å². The number of carboxylic acid groups (broad SMARTS) is 1. The van der Waals surface area contributed by atoms with Gasteiger partial charge < -0.3 is 10.4 Å². The minimum absolute atomic E-state index is 0.264. The molecule has 4 nitrogen and oxygen atoms in total. The number of rotatable bonds is 3. The molecule has 1 amide bonds. The normalized spacial score (nSPS) is 33.3. The molecule has 2 bridgehead atoms. The zero-order valence-corrected chi connectivity index (χ0v) is 19.5. The molecule has 4 atom stereocenters. The van der Waals surface area contributed by atoms with E-state index in [4.69, 9.17) is 81.2 Å². The number of halogens is 7. The van der Waals surface area contributed by atoms with Crippen molar-refractivity contribution in [2.24, 2.45) is 11.8 Å². The summed E-state index contributed by atoms with van der Waals surface area (Å²) in [5.74, 6) is -5.41. The number of hydrogen-bond donors (Lipinski definition) is 2. The summed E-state index contributed by atoms with van der Waals surface area (Å²) in [5.41, 5.74) is 1.85. The molecule has 2 aliphatic rings. The number of hydrogen-bond acceptors (Lipinski definition) is 2. The average Bonchev–Trinajstić information content (AvgIpc) is 2.77. The van der Waals surface area contributed by atoms with Gasteiger partial charge in [-0.15, -0.1) is 23.2 Å². The van der Waals surface area contributed by atoms with Gasteiger partial charge in [0.15, 0.2) is 4.33 Å². The first kappa shape index (κ1) is 22.6. The number of carbonyl (C=O) groups is 2. The maximum atomic E-state index is 13.2. The molecular weight excluding hydrogens is 514 g/mol. The number of allylic oxidation sites excluding steroid dienone is 2. The van der Waals surface area contributed by atoms with Crippen LogP contribution in [0.5, 0.6) is 0 Å². The minimum atomic E-state index is -2.16. The van der Waals surface area contributed by atoms with E-state index >= 15 is 0 Å². The second kappa shape index (κ2) is 6.98. The number of benzene rings is 1. The summed E-state index contributed by atoms with van der Waals surface area (Å²) >= 11 is 44.5. The van der Waals surface area contributed by atoms with E-state index in [1.165, 1.54) is 0 Å². The van der Waals surface area contributed by atoms with Gasteiger partial charge in [-0.2, -0.15) is 0 Å². The number of amides is 1. The van der Waals surface area contributed by atoms with Crippen molar-refractivity contribution in [1.82, 2.24) is 0 Å². The van der Waals surface area contributed by atoms with Crippen LogP contribution in [0.4, 0.5) is 5.69 Å². The number of anilines is 1. The van der Waals surface area contributed by atoms with Crippen LogP contribution in [0.1, 0.15) is 11.1 Å². The van der Waals surface area contributed by atoms with E-state index in [2.05, 4.69) is 5.32 Å². The van der Waals surface area contributed by atoms with E-state index < -0.39 is 37.8 Å². The van der Waals surface area contributed by atoms with Crippen molar-refractivity contribution in [2.45, 2.75) is 27.9 Å². The lowest BCUT2D eigenvalue weighted by molar-refractivity contribution is -0.146. The molecule has 1 aromatic carbocycles. The summed E-state index contributed by atoms with van der Waals surface area (Å²) in [6.07, 6.45) is 0. The van der Waals surface area contributed by atoms with Crippen molar-refractivity contribution in [3.05, 3.63) is 38.3 Å². The van der Waals surface area contributed by atoms with Crippen LogP contribution in [0.3, 0.4) is 0 Å². The minimum Gasteiger partial charge on any atom is -0.481 e. The van der Waals surface area contributed by atoms with E-state index in [1.54, 1.807) is 19.1 Å². The van der Waals surface area contributed by atoms with Crippen LogP contribution in [0, 0.1) is 25.7 Å². The Hall–Kier alpha value is -0.0700. The number of nitrogens with one attached hydrogen (secondary N) is 1. The van der Waals surface area contributed by atoms with Crippen molar-refractivity contribution < 1.29 is 14.7 Å². The smallest absolute Gasteiger partial charge is 0.309 e. The molecule has 1 aromatic rings. The lowest BCUT2D eigenvalue weighted by atomic mass is 9.81. The Bertz CT molecular complexity index is 924. The zero-order valence-electron chi connectivity index (χ0n) is 14.2. The van der Waals surface area contributed by atoms with Gasteiger partial charge in [-0.1, -0.05) is 64.1 Å². The average molecular weight is 526 g/mol. The van der Waals surface area contributed by atoms with Crippen molar-refractivity contribution in [3.63, 3.8) is 0 Å². The predicted molar refractivity (Wildman–Crippen MR) is 115 cm³/mol. The van der Waals surface area contributed by atoms with E-state index in [0.717, 1.165) is 5.56 Å². The maximum Gasteiger partial charge on any atom is 0.309 e. The Labute approximate surface area is 196 Å². The van der Waals surface area contributed by atoms with Gasteiger partial charge in [-0.3, -0.25) is 9.59 Å². The van der Waals surface area contributed by atoms with Gasteiger partial charge in [0.2, 0.25) is 5.91 Å². The van der Waals surface area contributed by atoms with Crippen LogP contribution < -0.4 is 5.32 Å². The lowest BCUT2D eigenvalue weighted by Gasteiger charge is -2.33. The molecule has 28 heavy (non-hydrogen) atoms. The van der Waals surface area contributed by atoms with Crippen molar-refractivity contribution >= 4 is 98.8 Å². The second-order valence-electron chi connectivity index (χ2n) is 6.85. The fraction of sp³-hybridized carbons (Fsp3) is 0.412. The van der Waals surface area contributed by atoms with Gasteiger partial charge >= 0.3 is 5.97 Å². The highest BCUT2D eigenvalue weighted by Crippen LogP contribution is 2.76. The first-order valence-electron chi connectivity index (χ1n) is 7.85. The topological polar surface area (TPSA) is 66.4 Å². The van der Waals surface area contributed by atoms with Gasteiger partial charge in [0, 0.05) is 0 Å². The molecule has 3 rings (SSSR count). The third-order valence-corrected chi connectivity index (χ3v) is 9.72. The fourth-order valence-corrected chi connectivity index (χ4v) is 7.21. The highest BCUT2D eigenvalue weighted by Gasteiger charge is 2.85. The molecule has 11 heteroatoms. The summed E-state index contributed by atoms with van der Waals surface area (Å²) in [6.45, 7) is 3.58. The molecule has 0 spiro atoms. The Morgan fingerprint density at radius 1 is 0.964 bits per heavy atom. The third-order valence-electron chi connectivity index (χ3n) is 5.16. The Morgan fingerprint density at radius 2 is 1.46 bits per heavy atom. The Balaban J connectivity index is 2.14. The van der Waals surface area contributed by atoms with Crippen molar-refractivity contribution in [2.75, 3.05) is 5.32 Å². The quantitative estimate of drug-likeness (QED) is 0.471. The van der Waals surface area contributed by atoms with E-state index in [9.17, 15) is 14.7 Å². The third kappa shape index (κ3) is 2.65. The first-order valence-corrected chi connectivity index (χ1v) is 10.5. The maximum absolute atomic E-state index is 13.2. The highest BCUT2D eigenvalue weighted by atomic mass is 35.5. The number of aryl methyl sites for hydroxylation is 2. The summed E-state index contributed by atoms with van der Waals surface area (Å²) in [5, 5.41) is 12.1. The summed E-state index contributed by atoms with van der Waals surface area (Å²) in [6, 6.07) is 3.45. The molecule has 1 fully saturated rings. The molecule has 0 unspecified atom stereocenters. The van der Waals surface area contributed by atoms with Gasteiger partial charge in [0.25, 0.3) is 0 Å². The molecule has 2 aliphatic carbocycles. The number of carboxylic acids is 1. The van der Waals surface area contributed by atoms with Crippen LogP contribution in [-0.4, -0.2) is 31.1 Å². The predicted octanol–water partition coefficient (Wildman–Crippen LogP) is 6.06. The van der Waals surface area contributed by atoms with Gasteiger partial charge in [-0.25, -0.2) is 0 Å². The standard InChI is InChI=1S/C17H12Cl7NO3/c1-5-3-6(2)10(7(18)4-5)25-13(26)8-9(14(27)28)16(22)12(20)11(19)15(8,21)17(16,23)24/h3-4,8-9H,1-2H3,(H,25,26)(H,27,28)/t8-,9+,15+,16+/m0/s1. The van der Waals surface area contributed by atoms with Crippen LogP contribution in [0.25, 0.3) is 0 Å². The number of carbonyl (C=O) groups excluding carboxylic acids is 1. The Morgan fingerprint density at radius 3 is 1.93 bits per heavy atom. The molecule has 0 heterocycles. The molecule has 0 aromatic heterocycles.